The molecule has 0 aromatic rings. The molecule has 0 heterocycles. The number of hydrogen-bond donors (Lipinski definition) is 2. The average molecular weight is 143 g/mol. The zero-order chi connectivity index (χ0) is 7.82. The Morgan fingerprint density at radius 1 is 1.60 bits per heavy atom. The number of aliphatic hydroxyl groups excluding tert-OH is 1. The van der Waals surface area contributed by atoms with Crippen LogP contribution >= 0.6 is 0 Å². The highest BCUT2D eigenvalue weighted by atomic mass is 16.3. The zero-order valence-electron chi connectivity index (χ0n) is 6.69. The number of rotatable bonds is 6. The van der Waals surface area contributed by atoms with E-state index in [2.05, 4.69) is 18.8 Å². The molecule has 0 radical (unpaired) electrons. The summed E-state index contributed by atoms with van der Waals surface area (Å²) in [6.45, 7) is 7.98. The van der Waals surface area contributed by atoms with Crippen LogP contribution in [0, 0.1) is 0 Å². The molecule has 0 aromatic carbocycles. The third kappa shape index (κ3) is 5.79. The molecule has 0 bridgehead atoms. The van der Waals surface area contributed by atoms with Gasteiger partial charge in [0.05, 0.1) is 0 Å². The Morgan fingerprint density at radius 3 is 2.80 bits per heavy atom. The minimum Gasteiger partial charge on any atom is -0.396 e. The van der Waals surface area contributed by atoms with Crippen LogP contribution in [0.3, 0.4) is 0 Å². The lowest BCUT2D eigenvalue weighted by molar-refractivity contribution is 0.287. The molecule has 0 rings (SSSR count). The predicted octanol–water partition coefficient (Wildman–Crippen LogP) is 0.925. The van der Waals surface area contributed by atoms with Crippen LogP contribution in [0.5, 0.6) is 0 Å². The van der Waals surface area contributed by atoms with Crippen LogP contribution in [0.25, 0.3) is 0 Å². The number of hydrogen-bond acceptors (Lipinski definition) is 2. The van der Waals surface area contributed by atoms with Crippen molar-refractivity contribution in [3.63, 3.8) is 0 Å². The van der Waals surface area contributed by atoms with Gasteiger partial charge in [-0.15, -0.1) is 0 Å². The van der Waals surface area contributed by atoms with Gasteiger partial charge in [-0.1, -0.05) is 19.1 Å². The smallest absolute Gasteiger partial charge is 0.0443 e. The van der Waals surface area contributed by atoms with Crippen molar-refractivity contribution in [2.45, 2.75) is 19.8 Å². The van der Waals surface area contributed by atoms with Crippen LogP contribution in [-0.2, 0) is 0 Å². The van der Waals surface area contributed by atoms with E-state index in [1.54, 1.807) is 0 Å². The average Bonchev–Trinajstić information content (AvgIpc) is 1.98. The van der Waals surface area contributed by atoms with Gasteiger partial charge in [0.15, 0.2) is 0 Å². The quantitative estimate of drug-likeness (QED) is 0.428. The van der Waals surface area contributed by atoms with Gasteiger partial charge in [0.25, 0.3) is 0 Å². The van der Waals surface area contributed by atoms with E-state index >= 15 is 0 Å². The Balaban J connectivity index is 2.96. The van der Waals surface area contributed by atoms with Crippen LogP contribution in [-0.4, -0.2) is 24.8 Å². The summed E-state index contributed by atoms with van der Waals surface area (Å²) in [5, 5.41) is 11.6. The standard InChI is InChI=1S/C8H17NO/c1-3-8(2)7-9-5-4-6-10/h9-10H,2-7H2,1H3. The monoisotopic (exact) mass is 143 g/mol. The third-order valence-electron chi connectivity index (χ3n) is 1.39. The molecule has 0 fully saturated rings. The maximum Gasteiger partial charge on any atom is 0.0443 e. The second-order valence-corrected chi connectivity index (χ2v) is 2.36. The van der Waals surface area contributed by atoms with Gasteiger partial charge in [-0.25, -0.2) is 0 Å². The number of aliphatic hydroxyl groups is 1. The maximum absolute atomic E-state index is 8.43. The molecular formula is C8H17NO. The Bertz CT molecular complexity index is 91.3. The topological polar surface area (TPSA) is 32.3 Å². The lowest BCUT2D eigenvalue weighted by atomic mass is 10.2. The summed E-state index contributed by atoms with van der Waals surface area (Å²) in [4.78, 5) is 0. The maximum atomic E-state index is 8.43. The summed E-state index contributed by atoms with van der Waals surface area (Å²) < 4.78 is 0. The molecule has 0 aromatic heterocycles. The van der Waals surface area contributed by atoms with Crippen LogP contribution in [0.1, 0.15) is 19.8 Å². The highest BCUT2D eigenvalue weighted by molar-refractivity contribution is 4.94. The van der Waals surface area contributed by atoms with Gasteiger partial charge < -0.3 is 10.4 Å². The third-order valence-corrected chi connectivity index (χ3v) is 1.39. The van der Waals surface area contributed by atoms with Crippen LogP contribution in [0.15, 0.2) is 12.2 Å². The second kappa shape index (κ2) is 6.78. The SMILES string of the molecule is C=C(CC)CNCCCO. The van der Waals surface area contributed by atoms with Crippen molar-refractivity contribution in [3.8, 4) is 0 Å². The Morgan fingerprint density at radius 2 is 2.30 bits per heavy atom. The zero-order valence-corrected chi connectivity index (χ0v) is 6.69. The van der Waals surface area contributed by atoms with Gasteiger partial charge in [0.1, 0.15) is 0 Å². The molecule has 2 heteroatoms. The van der Waals surface area contributed by atoms with Crippen molar-refractivity contribution in [3.05, 3.63) is 12.2 Å². The fraction of sp³-hybridized carbons (Fsp3) is 0.750. The summed E-state index contributed by atoms with van der Waals surface area (Å²) in [6, 6.07) is 0. The van der Waals surface area contributed by atoms with Crippen LogP contribution < -0.4 is 5.32 Å². The lowest BCUT2D eigenvalue weighted by Gasteiger charge is -2.03. The molecule has 2 N–H and O–H groups in total. The highest BCUT2D eigenvalue weighted by Crippen LogP contribution is 1.92. The van der Waals surface area contributed by atoms with E-state index in [1.165, 1.54) is 5.57 Å². The Labute approximate surface area is 62.9 Å². The van der Waals surface area contributed by atoms with E-state index in [4.69, 9.17) is 5.11 Å². The molecule has 0 saturated carbocycles. The number of nitrogens with one attached hydrogen (secondary N) is 1. The van der Waals surface area contributed by atoms with E-state index < -0.39 is 0 Å². The first-order valence-corrected chi connectivity index (χ1v) is 3.79. The van der Waals surface area contributed by atoms with Crippen LogP contribution in [0.2, 0.25) is 0 Å². The van der Waals surface area contributed by atoms with Gasteiger partial charge in [-0.05, 0) is 19.4 Å². The first-order chi connectivity index (χ1) is 4.81. The molecule has 0 aliphatic carbocycles. The summed E-state index contributed by atoms with van der Waals surface area (Å²) in [5.74, 6) is 0. The summed E-state index contributed by atoms with van der Waals surface area (Å²) >= 11 is 0. The van der Waals surface area contributed by atoms with Crippen LogP contribution in [0.4, 0.5) is 0 Å². The lowest BCUT2D eigenvalue weighted by Crippen LogP contribution is -2.18. The summed E-state index contributed by atoms with van der Waals surface area (Å²) in [5.41, 5.74) is 1.22. The molecular weight excluding hydrogens is 126 g/mol. The Kier molecular flexibility index (Phi) is 6.55. The van der Waals surface area contributed by atoms with E-state index in [1.807, 2.05) is 0 Å². The highest BCUT2D eigenvalue weighted by Gasteiger charge is 1.88. The van der Waals surface area contributed by atoms with Crippen molar-refractivity contribution < 1.29 is 5.11 Å². The van der Waals surface area contributed by atoms with E-state index in [9.17, 15) is 0 Å². The molecule has 0 unspecified atom stereocenters. The van der Waals surface area contributed by atoms with E-state index in [0.717, 1.165) is 25.9 Å². The van der Waals surface area contributed by atoms with Crippen molar-refractivity contribution in [1.82, 2.24) is 5.32 Å². The van der Waals surface area contributed by atoms with Crippen molar-refractivity contribution in [2.75, 3.05) is 19.7 Å². The molecule has 2 nitrogen and oxygen atoms in total. The first-order valence-electron chi connectivity index (χ1n) is 3.79. The van der Waals surface area contributed by atoms with Crippen molar-refractivity contribution in [1.29, 1.82) is 0 Å². The predicted molar refractivity (Wildman–Crippen MR) is 44.0 cm³/mol. The van der Waals surface area contributed by atoms with Gasteiger partial charge in [-0.3, -0.25) is 0 Å². The molecule has 0 saturated heterocycles. The van der Waals surface area contributed by atoms with E-state index in [0.29, 0.717) is 0 Å². The normalized spacial score (nSPS) is 9.80. The minimum atomic E-state index is 0.269. The Hall–Kier alpha value is -0.340. The molecule has 0 amide bonds. The van der Waals surface area contributed by atoms with Gasteiger partial charge in [0.2, 0.25) is 0 Å². The minimum absolute atomic E-state index is 0.269. The molecule has 60 valence electrons. The van der Waals surface area contributed by atoms with Gasteiger partial charge in [-0.2, -0.15) is 0 Å². The second-order valence-electron chi connectivity index (χ2n) is 2.36. The summed E-state index contributed by atoms with van der Waals surface area (Å²) in [7, 11) is 0. The molecule has 10 heavy (non-hydrogen) atoms. The van der Waals surface area contributed by atoms with Gasteiger partial charge in [0, 0.05) is 13.2 Å². The largest absolute Gasteiger partial charge is 0.396 e. The van der Waals surface area contributed by atoms with Crippen molar-refractivity contribution >= 4 is 0 Å². The molecule has 0 aliphatic rings. The molecule has 0 atom stereocenters. The first kappa shape index (κ1) is 9.66. The fourth-order valence-corrected chi connectivity index (χ4v) is 0.594. The summed E-state index contributed by atoms with van der Waals surface area (Å²) in [6.07, 6.45) is 1.86. The van der Waals surface area contributed by atoms with Crippen molar-refractivity contribution in [2.24, 2.45) is 0 Å². The molecule has 0 spiro atoms. The molecule has 0 aliphatic heterocycles. The fourth-order valence-electron chi connectivity index (χ4n) is 0.594. The van der Waals surface area contributed by atoms with E-state index in [-0.39, 0.29) is 6.61 Å². The van der Waals surface area contributed by atoms with Gasteiger partial charge >= 0.3 is 0 Å².